The van der Waals surface area contributed by atoms with Crippen molar-refractivity contribution in [3.05, 3.63) is 30.3 Å². The lowest BCUT2D eigenvalue weighted by Crippen LogP contribution is -2.69. The Hall–Kier alpha value is -2.14. The van der Waals surface area contributed by atoms with Crippen LogP contribution in [0.5, 0.6) is 0 Å². The van der Waals surface area contributed by atoms with Crippen LogP contribution in [0.3, 0.4) is 0 Å². The molecule has 3 amide bonds. The highest BCUT2D eigenvalue weighted by molar-refractivity contribution is 7.89. The molecule has 7 nitrogen and oxygen atoms in total. The molecule has 1 saturated heterocycles. The number of sulfonamides is 1. The van der Waals surface area contributed by atoms with Gasteiger partial charge >= 0.3 is 12.2 Å². The van der Waals surface area contributed by atoms with Gasteiger partial charge in [-0.15, -0.1) is 0 Å². The maximum absolute atomic E-state index is 13.3. The number of urea groups is 1. The number of halogens is 3. The first-order valence-electron chi connectivity index (χ1n) is 5.77. The van der Waals surface area contributed by atoms with Crippen LogP contribution in [0.15, 0.2) is 35.2 Å². The van der Waals surface area contributed by atoms with Crippen molar-refractivity contribution in [2.24, 2.45) is 0 Å². The highest BCUT2D eigenvalue weighted by atomic mass is 32.2. The van der Waals surface area contributed by atoms with Crippen molar-refractivity contribution in [1.29, 1.82) is 0 Å². The van der Waals surface area contributed by atoms with Crippen LogP contribution < -0.4 is 10.0 Å². The monoisotopic (exact) mass is 337 g/mol. The third-order valence-electron chi connectivity index (χ3n) is 2.99. The second-order valence-corrected chi connectivity index (χ2v) is 6.14. The normalized spacial score (nSPS) is 22.8. The van der Waals surface area contributed by atoms with Crippen molar-refractivity contribution in [1.82, 2.24) is 14.9 Å². The summed E-state index contributed by atoms with van der Waals surface area (Å²) in [6.45, 7) is 0. The summed E-state index contributed by atoms with van der Waals surface area (Å²) >= 11 is 0. The number of rotatable bonds is 3. The van der Waals surface area contributed by atoms with Crippen LogP contribution in [-0.2, 0) is 14.8 Å². The van der Waals surface area contributed by atoms with E-state index in [4.69, 9.17) is 0 Å². The minimum atomic E-state index is -5.37. The fraction of sp³-hybridized carbons (Fsp3) is 0.273. The number of likely N-dealkylation sites (N-methyl/N-ethyl adjacent to an activating group) is 1. The molecule has 1 aliphatic rings. The number of nitrogens with zero attached hydrogens (tertiary/aromatic N) is 1. The molecule has 0 aromatic heterocycles. The van der Waals surface area contributed by atoms with Crippen LogP contribution in [-0.4, -0.2) is 44.1 Å². The Morgan fingerprint density at radius 2 is 1.73 bits per heavy atom. The van der Waals surface area contributed by atoms with E-state index < -0.39 is 38.7 Å². The number of hydrogen-bond donors (Lipinski definition) is 2. The summed E-state index contributed by atoms with van der Waals surface area (Å²) in [5, 5.41) is 1.35. The number of hydrogen-bond acceptors (Lipinski definition) is 4. The van der Waals surface area contributed by atoms with Crippen LogP contribution in [0, 0.1) is 0 Å². The summed E-state index contributed by atoms with van der Waals surface area (Å²) in [7, 11) is -3.89. The van der Waals surface area contributed by atoms with Crippen LogP contribution in [0.25, 0.3) is 0 Å². The van der Waals surface area contributed by atoms with Gasteiger partial charge in [0, 0.05) is 7.05 Å². The predicted molar refractivity (Wildman–Crippen MR) is 66.9 cm³/mol. The Labute approximate surface area is 123 Å². The molecule has 1 heterocycles. The fourth-order valence-electron chi connectivity index (χ4n) is 1.82. The van der Waals surface area contributed by atoms with Gasteiger partial charge in [0.05, 0.1) is 4.90 Å². The van der Waals surface area contributed by atoms with E-state index in [1.54, 1.807) is 0 Å². The van der Waals surface area contributed by atoms with Gasteiger partial charge in [0.15, 0.2) is 0 Å². The summed E-state index contributed by atoms with van der Waals surface area (Å²) in [5.74, 6) is -1.76. The Morgan fingerprint density at radius 1 is 1.18 bits per heavy atom. The Bertz CT molecular complexity index is 720. The Balaban J connectivity index is 2.51. The zero-order chi connectivity index (χ0) is 16.8. The smallest absolute Gasteiger partial charge is 0.303 e. The van der Waals surface area contributed by atoms with E-state index in [9.17, 15) is 31.2 Å². The molecule has 1 aliphatic heterocycles. The molecular weight excluding hydrogens is 327 g/mol. The van der Waals surface area contributed by atoms with E-state index in [1.165, 1.54) is 28.2 Å². The van der Waals surface area contributed by atoms with Crippen LogP contribution in [0.1, 0.15) is 0 Å². The maximum Gasteiger partial charge on any atom is 0.435 e. The Morgan fingerprint density at radius 3 is 2.14 bits per heavy atom. The molecular formula is C11H10F3N3O4S. The molecule has 11 heteroatoms. The van der Waals surface area contributed by atoms with E-state index in [0.717, 1.165) is 19.2 Å². The van der Waals surface area contributed by atoms with Crippen LogP contribution in [0.2, 0.25) is 0 Å². The third-order valence-corrected chi connectivity index (χ3v) is 4.46. The van der Waals surface area contributed by atoms with Crippen LogP contribution in [0.4, 0.5) is 18.0 Å². The lowest BCUT2D eigenvalue weighted by Gasteiger charge is -2.29. The average molecular weight is 337 g/mol. The lowest BCUT2D eigenvalue weighted by molar-refractivity contribution is -0.197. The minimum Gasteiger partial charge on any atom is -0.303 e. The molecule has 1 fully saturated rings. The maximum atomic E-state index is 13.3. The molecule has 0 saturated carbocycles. The quantitative estimate of drug-likeness (QED) is 0.781. The number of alkyl halides is 3. The molecule has 1 atom stereocenters. The first-order valence-corrected chi connectivity index (χ1v) is 7.26. The third kappa shape index (κ3) is 2.41. The first-order chi connectivity index (χ1) is 10.0. The largest absolute Gasteiger partial charge is 0.435 e. The van der Waals surface area contributed by atoms with Crippen molar-refractivity contribution in [3.8, 4) is 0 Å². The lowest BCUT2D eigenvalue weighted by atomic mass is 10.2. The van der Waals surface area contributed by atoms with E-state index in [0.29, 0.717) is 0 Å². The molecule has 2 rings (SSSR count). The molecule has 0 aliphatic carbocycles. The summed E-state index contributed by atoms with van der Waals surface area (Å²) in [4.78, 5) is 22.8. The molecule has 0 spiro atoms. The van der Waals surface area contributed by atoms with Crippen molar-refractivity contribution in [2.75, 3.05) is 7.05 Å². The van der Waals surface area contributed by atoms with Crippen molar-refractivity contribution < 1.29 is 31.2 Å². The minimum absolute atomic E-state index is 0.154. The molecule has 22 heavy (non-hydrogen) atoms. The first kappa shape index (κ1) is 16.2. The van der Waals surface area contributed by atoms with E-state index in [1.807, 2.05) is 0 Å². The summed E-state index contributed by atoms with van der Waals surface area (Å²) < 4.78 is 65.2. The summed E-state index contributed by atoms with van der Waals surface area (Å²) in [6, 6.07) is 4.81. The zero-order valence-electron chi connectivity index (χ0n) is 11.0. The molecule has 2 N–H and O–H groups in total. The zero-order valence-corrected chi connectivity index (χ0v) is 11.8. The molecule has 0 bridgehead atoms. The number of carbonyl (C=O) groups excluding carboxylic acids is 2. The van der Waals surface area contributed by atoms with Crippen LogP contribution >= 0.6 is 0 Å². The van der Waals surface area contributed by atoms with Gasteiger partial charge in [0.1, 0.15) is 0 Å². The number of benzene rings is 1. The second kappa shape index (κ2) is 4.95. The predicted octanol–water partition coefficient (Wildman–Crippen LogP) is 0.405. The number of amides is 3. The fourth-order valence-corrected chi connectivity index (χ4v) is 3.11. The van der Waals surface area contributed by atoms with Gasteiger partial charge in [-0.1, -0.05) is 18.2 Å². The number of carbonyl (C=O) groups is 2. The standard InChI is InChI=1S/C11H10F3N3O4S/c1-17-8(18)10(11(12,13)14,15-9(17)19)16-22(20,21)7-5-3-2-4-6-7/h2-6,16H,1H3,(H,15,19)/t10-/m0/s1. The van der Waals surface area contributed by atoms with E-state index in [2.05, 4.69) is 0 Å². The molecule has 0 unspecified atom stereocenters. The van der Waals surface area contributed by atoms with Gasteiger partial charge in [-0.05, 0) is 12.1 Å². The summed E-state index contributed by atoms with van der Waals surface area (Å²) in [6.07, 6.45) is -5.37. The van der Waals surface area contributed by atoms with Gasteiger partial charge in [0.25, 0.3) is 11.6 Å². The van der Waals surface area contributed by atoms with Crippen molar-refractivity contribution in [2.45, 2.75) is 16.7 Å². The number of imide groups is 1. The van der Waals surface area contributed by atoms with Crippen molar-refractivity contribution >= 4 is 22.0 Å². The highest BCUT2D eigenvalue weighted by Gasteiger charge is 2.68. The van der Waals surface area contributed by atoms with Crippen molar-refractivity contribution in [3.63, 3.8) is 0 Å². The molecule has 0 radical (unpaired) electrons. The van der Waals surface area contributed by atoms with E-state index in [-0.39, 0.29) is 4.90 Å². The van der Waals surface area contributed by atoms with Gasteiger partial charge in [-0.3, -0.25) is 9.69 Å². The van der Waals surface area contributed by atoms with E-state index >= 15 is 0 Å². The highest BCUT2D eigenvalue weighted by Crippen LogP contribution is 2.34. The van der Waals surface area contributed by atoms with Gasteiger partial charge in [-0.25, -0.2) is 13.2 Å². The molecule has 120 valence electrons. The SMILES string of the molecule is CN1C(=O)N[C@@](NS(=O)(=O)c2ccccc2)(C(F)(F)F)C1=O. The molecule has 1 aromatic carbocycles. The topological polar surface area (TPSA) is 95.6 Å². The number of nitrogens with one attached hydrogen (secondary N) is 2. The second-order valence-electron chi connectivity index (χ2n) is 4.46. The molecule has 1 aromatic rings. The average Bonchev–Trinajstić information content (AvgIpc) is 2.64. The summed E-state index contributed by atoms with van der Waals surface area (Å²) in [5.41, 5.74) is -3.73. The van der Waals surface area contributed by atoms with Gasteiger partial charge in [-0.2, -0.15) is 17.9 Å². The Kier molecular flexibility index (Phi) is 3.65. The van der Waals surface area contributed by atoms with Gasteiger partial charge in [0.2, 0.25) is 10.0 Å². The van der Waals surface area contributed by atoms with Gasteiger partial charge < -0.3 is 5.32 Å².